The Balaban J connectivity index is 1.52. The van der Waals surface area contributed by atoms with Gasteiger partial charge in [-0.3, -0.25) is 4.79 Å². The number of fused-ring (bicyclic) bond motifs is 1. The van der Waals surface area contributed by atoms with Gasteiger partial charge in [-0.2, -0.15) is 10.2 Å². The van der Waals surface area contributed by atoms with Gasteiger partial charge in [0.2, 0.25) is 5.75 Å². The standard InChI is InChI=1S/C33H33N3O3/c1-5-10-29-35-32(37)31(38-28-14-9-12-24-19-33(3,4)39-30(24)28)27(6-2)36(29)21-22-15-17-23(18-16-22)26-13-8-7-11-25(26)20-34/h7-9,11-18H,5-6,10,19,21H2,1-4H3. The molecule has 1 aliphatic heterocycles. The third-order valence-electron chi connectivity index (χ3n) is 7.05. The molecule has 4 aromatic rings. The fraction of sp³-hybridized carbons (Fsp3) is 0.303. The number of para-hydroxylation sites is 1. The number of benzene rings is 3. The van der Waals surface area contributed by atoms with Gasteiger partial charge >= 0.3 is 5.56 Å². The summed E-state index contributed by atoms with van der Waals surface area (Å²) in [4.78, 5) is 17.8. The lowest BCUT2D eigenvalue weighted by Gasteiger charge is -2.21. The summed E-state index contributed by atoms with van der Waals surface area (Å²) in [6.07, 6.45) is 2.95. The summed E-state index contributed by atoms with van der Waals surface area (Å²) in [5.41, 5.74) is 4.83. The van der Waals surface area contributed by atoms with Gasteiger partial charge in [-0.05, 0) is 55.5 Å². The summed E-state index contributed by atoms with van der Waals surface area (Å²) in [6, 6.07) is 23.9. The highest BCUT2D eigenvalue weighted by Crippen LogP contribution is 2.43. The van der Waals surface area contributed by atoms with Crippen molar-refractivity contribution in [3.05, 3.63) is 105 Å². The topological polar surface area (TPSA) is 77.1 Å². The highest BCUT2D eigenvalue weighted by atomic mass is 16.5. The predicted molar refractivity (Wildman–Crippen MR) is 152 cm³/mol. The Hall–Kier alpha value is -4.37. The van der Waals surface area contributed by atoms with Gasteiger partial charge in [-0.25, -0.2) is 0 Å². The van der Waals surface area contributed by atoms with Crippen LogP contribution in [-0.4, -0.2) is 15.2 Å². The van der Waals surface area contributed by atoms with E-state index in [0.29, 0.717) is 36.4 Å². The predicted octanol–water partition coefficient (Wildman–Crippen LogP) is 6.85. The molecule has 0 amide bonds. The zero-order chi connectivity index (χ0) is 27.6. The molecule has 0 bridgehead atoms. The molecule has 0 unspecified atom stereocenters. The Morgan fingerprint density at radius 3 is 2.54 bits per heavy atom. The Morgan fingerprint density at radius 2 is 1.82 bits per heavy atom. The van der Waals surface area contributed by atoms with Gasteiger partial charge in [0.05, 0.1) is 17.3 Å². The average molecular weight is 520 g/mol. The molecule has 0 saturated heterocycles. The lowest BCUT2D eigenvalue weighted by atomic mass is 9.99. The fourth-order valence-electron chi connectivity index (χ4n) is 5.27. The number of rotatable bonds is 8. The third kappa shape index (κ3) is 5.31. The molecule has 0 atom stereocenters. The second-order valence-electron chi connectivity index (χ2n) is 10.5. The van der Waals surface area contributed by atoms with E-state index >= 15 is 0 Å². The number of nitriles is 1. The molecule has 0 spiro atoms. The number of hydrogen-bond donors (Lipinski definition) is 0. The summed E-state index contributed by atoms with van der Waals surface area (Å²) >= 11 is 0. The number of hydrogen-bond acceptors (Lipinski definition) is 5. The summed E-state index contributed by atoms with van der Waals surface area (Å²) in [7, 11) is 0. The van der Waals surface area contributed by atoms with Crippen LogP contribution in [0, 0.1) is 11.3 Å². The first-order valence-electron chi connectivity index (χ1n) is 13.5. The van der Waals surface area contributed by atoms with Crippen LogP contribution in [0.2, 0.25) is 0 Å². The minimum absolute atomic E-state index is 0.249. The van der Waals surface area contributed by atoms with Gasteiger partial charge in [-0.1, -0.05) is 68.4 Å². The van der Waals surface area contributed by atoms with Crippen LogP contribution in [0.15, 0.2) is 71.5 Å². The SMILES string of the molecule is CCCc1nc(=O)c(Oc2cccc3c2OC(C)(C)C3)c(CC)n1Cc1ccc(-c2ccccc2C#N)cc1. The molecular formula is C33H33N3O3. The Labute approximate surface area is 229 Å². The van der Waals surface area contributed by atoms with Crippen molar-refractivity contribution in [1.29, 1.82) is 5.26 Å². The Kier molecular flexibility index (Phi) is 7.26. The van der Waals surface area contributed by atoms with Crippen molar-refractivity contribution >= 4 is 0 Å². The molecule has 0 fully saturated rings. The number of aryl methyl sites for hydroxylation is 1. The molecule has 0 aliphatic carbocycles. The van der Waals surface area contributed by atoms with E-state index in [-0.39, 0.29) is 16.9 Å². The first kappa shape index (κ1) is 26.2. The Bertz CT molecular complexity index is 1610. The van der Waals surface area contributed by atoms with Crippen LogP contribution in [-0.2, 0) is 25.8 Å². The summed E-state index contributed by atoms with van der Waals surface area (Å²) in [6.45, 7) is 8.77. The number of nitrogens with zero attached hydrogens (tertiary/aromatic N) is 3. The maximum absolute atomic E-state index is 13.3. The van der Waals surface area contributed by atoms with Gasteiger partial charge < -0.3 is 14.0 Å². The molecule has 2 heterocycles. The van der Waals surface area contributed by atoms with Crippen molar-refractivity contribution in [3.8, 4) is 34.4 Å². The minimum atomic E-state index is -0.357. The molecule has 39 heavy (non-hydrogen) atoms. The number of ether oxygens (including phenoxy) is 2. The van der Waals surface area contributed by atoms with E-state index in [1.807, 2.05) is 75.4 Å². The Morgan fingerprint density at radius 1 is 1.05 bits per heavy atom. The van der Waals surface area contributed by atoms with Crippen molar-refractivity contribution in [2.45, 2.75) is 65.5 Å². The summed E-state index contributed by atoms with van der Waals surface area (Å²) in [5, 5.41) is 9.49. The highest BCUT2D eigenvalue weighted by molar-refractivity contribution is 5.70. The van der Waals surface area contributed by atoms with E-state index in [1.54, 1.807) is 0 Å². The van der Waals surface area contributed by atoms with E-state index in [1.165, 1.54) is 0 Å². The molecule has 3 aromatic carbocycles. The molecule has 1 aliphatic rings. The molecule has 6 nitrogen and oxygen atoms in total. The molecule has 0 radical (unpaired) electrons. The van der Waals surface area contributed by atoms with Gasteiger partial charge in [0, 0.05) is 24.9 Å². The van der Waals surface area contributed by atoms with E-state index < -0.39 is 0 Å². The molecule has 5 rings (SSSR count). The van der Waals surface area contributed by atoms with Crippen LogP contribution in [0.3, 0.4) is 0 Å². The van der Waals surface area contributed by atoms with Crippen LogP contribution in [0.4, 0.5) is 0 Å². The summed E-state index contributed by atoms with van der Waals surface area (Å²) < 4.78 is 14.6. The molecule has 0 saturated carbocycles. The molecule has 0 N–H and O–H groups in total. The van der Waals surface area contributed by atoms with E-state index in [4.69, 9.17) is 9.47 Å². The third-order valence-corrected chi connectivity index (χ3v) is 7.05. The van der Waals surface area contributed by atoms with Crippen LogP contribution < -0.4 is 15.0 Å². The molecule has 6 heteroatoms. The lowest BCUT2D eigenvalue weighted by Crippen LogP contribution is -2.25. The van der Waals surface area contributed by atoms with Crippen LogP contribution in [0.1, 0.15) is 62.3 Å². The van der Waals surface area contributed by atoms with E-state index in [2.05, 4.69) is 34.7 Å². The van der Waals surface area contributed by atoms with Gasteiger partial charge in [0.1, 0.15) is 11.4 Å². The monoisotopic (exact) mass is 519 g/mol. The molecular weight excluding hydrogens is 486 g/mol. The first-order chi connectivity index (χ1) is 18.8. The van der Waals surface area contributed by atoms with Gasteiger partial charge in [0.25, 0.3) is 0 Å². The largest absolute Gasteiger partial charge is 0.483 e. The first-order valence-corrected chi connectivity index (χ1v) is 13.5. The van der Waals surface area contributed by atoms with Crippen molar-refractivity contribution in [3.63, 3.8) is 0 Å². The molecule has 198 valence electrons. The number of aromatic nitrogens is 2. The van der Waals surface area contributed by atoms with E-state index in [0.717, 1.165) is 46.6 Å². The minimum Gasteiger partial charge on any atom is -0.483 e. The zero-order valence-electron chi connectivity index (χ0n) is 23.0. The highest BCUT2D eigenvalue weighted by Gasteiger charge is 2.33. The molecule has 1 aromatic heterocycles. The maximum Gasteiger partial charge on any atom is 0.316 e. The van der Waals surface area contributed by atoms with E-state index in [9.17, 15) is 10.1 Å². The van der Waals surface area contributed by atoms with Crippen LogP contribution >= 0.6 is 0 Å². The maximum atomic E-state index is 13.3. The average Bonchev–Trinajstić information content (AvgIpc) is 3.26. The zero-order valence-corrected chi connectivity index (χ0v) is 23.0. The van der Waals surface area contributed by atoms with Crippen molar-refractivity contribution < 1.29 is 9.47 Å². The quantitative estimate of drug-likeness (QED) is 0.254. The fourth-order valence-corrected chi connectivity index (χ4v) is 5.27. The smallest absolute Gasteiger partial charge is 0.316 e. The second kappa shape index (κ2) is 10.8. The lowest BCUT2D eigenvalue weighted by molar-refractivity contribution is 0.135. The van der Waals surface area contributed by atoms with Crippen LogP contribution in [0.5, 0.6) is 17.2 Å². The second-order valence-corrected chi connectivity index (χ2v) is 10.5. The van der Waals surface area contributed by atoms with Crippen molar-refractivity contribution in [2.75, 3.05) is 0 Å². The normalized spacial score (nSPS) is 13.4. The van der Waals surface area contributed by atoms with Gasteiger partial charge in [-0.15, -0.1) is 0 Å². The van der Waals surface area contributed by atoms with Gasteiger partial charge in [0.15, 0.2) is 11.5 Å². The van der Waals surface area contributed by atoms with Crippen molar-refractivity contribution in [2.24, 2.45) is 0 Å². The summed E-state index contributed by atoms with van der Waals surface area (Å²) in [5.74, 6) is 2.24. The van der Waals surface area contributed by atoms with Crippen molar-refractivity contribution in [1.82, 2.24) is 9.55 Å². The van der Waals surface area contributed by atoms with Crippen LogP contribution in [0.25, 0.3) is 11.1 Å².